The smallest absolute Gasteiger partial charge is 0.0754 e. The molecule has 2 aliphatic rings. The molecular weight excluding hydrogens is 761 g/mol. The maximum atomic E-state index is 2.52. The Morgan fingerprint density at radius 3 is 1.76 bits per heavy atom. The number of aromatic nitrogens is 1. The van der Waals surface area contributed by atoms with Crippen molar-refractivity contribution in [3.63, 3.8) is 0 Å². The summed E-state index contributed by atoms with van der Waals surface area (Å²) in [5.74, 6) is 0. The molecule has 294 valence electrons. The van der Waals surface area contributed by atoms with Crippen LogP contribution in [0.3, 0.4) is 0 Å². The van der Waals surface area contributed by atoms with E-state index < -0.39 is 5.41 Å². The Balaban J connectivity index is 1.01. The lowest BCUT2D eigenvalue weighted by Crippen LogP contribution is -2.33. The minimum absolute atomic E-state index is 0.511. The molecule has 2 heterocycles. The molecule has 2 heteroatoms. The second-order valence-corrected chi connectivity index (χ2v) is 16.8. The molecule has 1 unspecified atom stereocenters. The van der Waals surface area contributed by atoms with Crippen molar-refractivity contribution >= 4 is 38.9 Å². The highest BCUT2D eigenvalue weighted by molar-refractivity contribution is 6.13. The Morgan fingerprint density at radius 1 is 0.317 bits per heavy atom. The molecule has 1 aliphatic carbocycles. The Hall–Kier alpha value is -8.20. The predicted octanol–water partition coefficient (Wildman–Crippen LogP) is 15.9. The van der Waals surface area contributed by atoms with Gasteiger partial charge in [-0.05, 0) is 116 Å². The molecule has 2 nitrogen and oxygen atoms in total. The number of anilines is 3. The van der Waals surface area contributed by atoms with Gasteiger partial charge in [0.15, 0.2) is 0 Å². The van der Waals surface area contributed by atoms with Gasteiger partial charge in [0.05, 0.1) is 27.8 Å². The number of benzene rings is 10. The largest absolute Gasteiger partial charge is 0.310 e. The molecule has 1 atom stereocenters. The molecule has 63 heavy (non-hydrogen) atoms. The van der Waals surface area contributed by atoms with Gasteiger partial charge in [-0.25, -0.2) is 0 Å². The number of fused-ring (bicyclic) bond motifs is 12. The maximum absolute atomic E-state index is 2.52. The molecule has 0 saturated carbocycles. The molecule has 0 fully saturated rings. The first-order valence-corrected chi connectivity index (χ1v) is 21.8. The van der Waals surface area contributed by atoms with E-state index >= 15 is 0 Å². The van der Waals surface area contributed by atoms with Gasteiger partial charge in [-0.1, -0.05) is 188 Å². The van der Waals surface area contributed by atoms with Gasteiger partial charge in [0.2, 0.25) is 0 Å². The van der Waals surface area contributed by atoms with Crippen molar-refractivity contribution in [2.75, 3.05) is 4.90 Å². The molecule has 10 aromatic carbocycles. The molecule has 0 saturated heterocycles. The summed E-state index contributed by atoms with van der Waals surface area (Å²) in [7, 11) is 0. The van der Waals surface area contributed by atoms with E-state index in [1.165, 1.54) is 94.3 Å². The highest BCUT2D eigenvalue weighted by Crippen LogP contribution is 2.61. The lowest BCUT2D eigenvalue weighted by molar-refractivity contribution is 0.749. The summed E-state index contributed by atoms with van der Waals surface area (Å²) in [4.78, 5) is 2.41. The van der Waals surface area contributed by atoms with Crippen LogP contribution in [0.1, 0.15) is 22.3 Å². The quantitative estimate of drug-likeness (QED) is 0.163. The Labute approximate surface area is 367 Å². The van der Waals surface area contributed by atoms with Crippen molar-refractivity contribution in [1.82, 2.24) is 4.57 Å². The molecule has 13 rings (SSSR count). The summed E-state index contributed by atoms with van der Waals surface area (Å²) < 4.78 is 2.52. The lowest BCUT2D eigenvalue weighted by Gasteiger charge is -2.39. The second kappa shape index (κ2) is 13.9. The first kappa shape index (κ1) is 35.5. The molecular formula is C61H40N2. The standard InChI is InChI=1S/C61H40N2/c1-3-18-41(19-4-1)42-20-15-22-45(38-42)48-26-8-12-33-57(48)62(46-23-5-2-6-24-46)47-25-16-21-43(39-47)44-36-37-50-49-27-7-10-30-53(49)61(56(50)40-44)54-31-11-14-35-59(54)63-58-34-13-9-28-51(58)52-29-17-32-55(61)60(52)63/h1-40H. The van der Waals surface area contributed by atoms with Gasteiger partial charge in [0.1, 0.15) is 0 Å². The highest BCUT2D eigenvalue weighted by atomic mass is 15.1. The average molecular weight is 801 g/mol. The lowest BCUT2D eigenvalue weighted by atomic mass is 9.65. The van der Waals surface area contributed by atoms with Crippen LogP contribution in [-0.2, 0) is 5.41 Å². The first-order valence-electron chi connectivity index (χ1n) is 21.8. The third-order valence-electron chi connectivity index (χ3n) is 13.6. The topological polar surface area (TPSA) is 8.17 Å². The minimum Gasteiger partial charge on any atom is -0.310 e. The normalized spacial score (nSPS) is 14.4. The van der Waals surface area contributed by atoms with Crippen molar-refractivity contribution in [2.45, 2.75) is 5.41 Å². The molecule has 0 radical (unpaired) electrons. The van der Waals surface area contributed by atoms with E-state index in [-0.39, 0.29) is 0 Å². The molecule has 0 N–H and O–H groups in total. The second-order valence-electron chi connectivity index (χ2n) is 16.8. The van der Waals surface area contributed by atoms with Crippen LogP contribution in [0, 0.1) is 0 Å². The number of nitrogens with zero attached hydrogens (tertiary/aromatic N) is 2. The summed E-state index contributed by atoms with van der Waals surface area (Å²) in [5.41, 5.74) is 21.6. The minimum atomic E-state index is -0.511. The molecule has 0 bridgehead atoms. The number of hydrogen-bond donors (Lipinski definition) is 0. The Bertz CT molecular complexity index is 3580. The fourth-order valence-corrected chi connectivity index (χ4v) is 11.0. The SMILES string of the molecule is c1ccc(-c2cccc(-c3ccccc3N(c3ccccc3)c3cccc(-c4ccc5c(c4)C4(c6ccccc6-5)c5ccccc5-n5c6ccccc6c6cccc4c65)c3)c2)cc1. The van der Waals surface area contributed by atoms with Gasteiger partial charge < -0.3 is 9.47 Å². The van der Waals surface area contributed by atoms with Gasteiger partial charge >= 0.3 is 0 Å². The van der Waals surface area contributed by atoms with E-state index in [0.29, 0.717) is 0 Å². The van der Waals surface area contributed by atoms with E-state index in [1.54, 1.807) is 0 Å². The van der Waals surface area contributed by atoms with Crippen LogP contribution < -0.4 is 4.90 Å². The summed E-state index contributed by atoms with van der Waals surface area (Å²) in [6, 6.07) is 89.5. The fraction of sp³-hybridized carbons (Fsp3) is 0.0164. The zero-order chi connectivity index (χ0) is 41.5. The number of hydrogen-bond acceptors (Lipinski definition) is 1. The first-order chi connectivity index (χ1) is 31.3. The summed E-state index contributed by atoms with van der Waals surface area (Å²) in [6.45, 7) is 0. The Morgan fingerprint density at radius 2 is 0.889 bits per heavy atom. The zero-order valence-corrected chi connectivity index (χ0v) is 34.5. The van der Waals surface area contributed by atoms with E-state index in [2.05, 4.69) is 252 Å². The van der Waals surface area contributed by atoms with Crippen molar-refractivity contribution in [1.29, 1.82) is 0 Å². The van der Waals surface area contributed by atoms with Crippen LogP contribution in [0.2, 0.25) is 0 Å². The van der Waals surface area contributed by atoms with Crippen LogP contribution in [0.25, 0.3) is 72.0 Å². The summed E-state index contributed by atoms with van der Waals surface area (Å²) in [5, 5.41) is 2.58. The average Bonchev–Trinajstić information content (AvgIpc) is 3.85. The van der Waals surface area contributed by atoms with Crippen LogP contribution in [0.15, 0.2) is 243 Å². The van der Waals surface area contributed by atoms with E-state index in [4.69, 9.17) is 0 Å². The molecule has 11 aromatic rings. The van der Waals surface area contributed by atoms with E-state index in [0.717, 1.165) is 17.1 Å². The van der Waals surface area contributed by atoms with Crippen LogP contribution in [0.5, 0.6) is 0 Å². The molecule has 1 spiro atoms. The van der Waals surface area contributed by atoms with Crippen molar-refractivity contribution in [2.24, 2.45) is 0 Å². The molecule has 1 aromatic heterocycles. The molecule has 1 aliphatic heterocycles. The van der Waals surface area contributed by atoms with Gasteiger partial charge in [-0.2, -0.15) is 0 Å². The number of para-hydroxylation sites is 5. The van der Waals surface area contributed by atoms with Crippen LogP contribution in [0.4, 0.5) is 17.1 Å². The predicted molar refractivity (Wildman–Crippen MR) is 263 cm³/mol. The third-order valence-corrected chi connectivity index (χ3v) is 13.6. The molecule has 0 amide bonds. The van der Waals surface area contributed by atoms with Gasteiger partial charge in [0, 0.05) is 27.7 Å². The van der Waals surface area contributed by atoms with Gasteiger partial charge in [-0.3, -0.25) is 0 Å². The van der Waals surface area contributed by atoms with E-state index in [9.17, 15) is 0 Å². The zero-order valence-electron chi connectivity index (χ0n) is 34.5. The van der Waals surface area contributed by atoms with Crippen molar-refractivity contribution < 1.29 is 0 Å². The van der Waals surface area contributed by atoms with Crippen molar-refractivity contribution in [3.05, 3.63) is 265 Å². The Kier molecular flexibility index (Phi) is 7.85. The summed E-state index contributed by atoms with van der Waals surface area (Å²) >= 11 is 0. The maximum Gasteiger partial charge on any atom is 0.0754 e. The highest BCUT2D eigenvalue weighted by Gasteiger charge is 2.50. The van der Waals surface area contributed by atoms with Gasteiger partial charge in [0.25, 0.3) is 0 Å². The van der Waals surface area contributed by atoms with Crippen LogP contribution in [-0.4, -0.2) is 4.57 Å². The van der Waals surface area contributed by atoms with Crippen LogP contribution >= 0.6 is 0 Å². The van der Waals surface area contributed by atoms with Crippen molar-refractivity contribution in [3.8, 4) is 50.2 Å². The number of rotatable bonds is 6. The fourth-order valence-electron chi connectivity index (χ4n) is 11.0. The monoisotopic (exact) mass is 800 g/mol. The third kappa shape index (κ3) is 5.19. The summed E-state index contributed by atoms with van der Waals surface area (Å²) in [6.07, 6.45) is 0. The van der Waals surface area contributed by atoms with E-state index in [1.807, 2.05) is 0 Å². The van der Waals surface area contributed by atoms with Gasteiger partial charge in [-0.15, -0.1) is 0 Å².